The van der Waals surface area contributed by atoms with Crippen molar-refractivity contribution in [1.29, 1.82) is 0 Å². The fourth-order valence-corrected chi connectivity index (χ4v) is 2.49. The maximum Gasteiger partial charge on any atom is 0.261 e. The largest absolute Gasteiger partial charge is 0.325 e. The van der Waals surface area contributed by atoms with Crippen molar-refractivity contribution in [1.82, 2.24) is 9.55 Å². The molecule has 0 saturated carbocycles. The molecular weight excluding hydrogens is 314 g/mol. The molecule has 1 N–H and O–H groups in total. The SMILES string of the molecule is Cc1cccc(NC(=O)Cn2cnc3ccc(Cl)cc3c2=O)c1. The van der Waals surface area contributed by atoms with E-state index in [4.69, 9.17) is 11.6 Å². The van der Waals surface area contributed by atoms with Gasteiger partial charge in [-0.1, -0.05) is 23.7 Å². The highest BCUT2D eigenvalue weighted by Crippen LogP contribution is 2.14. The lowest BCUT2D eigenvalue weighted by molar-refractivity contribution is -0.116. The van der Waals surface area contributed by atoms with Gasteiger partial charge in [0.2, 0.25) is 5.91 Å². The van der Waals surface area contributed by atoms with Crippen LogP contribution in [0.4, 0.5) is 5.69 Å². The van der Waals surface area contributed by atoms with Gasteiger partial charge in [-0.25, -0.2) is 4.98 Å². The van der Waals surface area contributed by atoms with Crippen molar-refractivity contribution in [2.45, 2.75) is 13.5 Å². The molecule has 1 aromatic heterocycles. The van der Waals surface area contributed by atoms with Gasteiger partial charge in [-0.05, 0) is 42.8 Å². The number of amides is 1. The molecule has 3 aromatic rings. The van der Waals surface area contributed by atoms with E-state index in [-0.39, 0.29) is 18.0 Å². The summed E-state index contributed by atoms with van der Waals surface area (Å²) < 4.78 is 1.27. The number of aromatic nitrogens is 2. The molecule has 0 saturated heterocycles. The molecule has 6 heteroatoms. The van der Waals surface area contributed by atoms with Crippen molar-refractivity contribution < 1.29 is 4.79 Å². The monoisotopic (exact) mass is 327 g/mol. The predicted octanol–water partition coefficient (Wildman–Crippen LogP) is 3.00. The molecule has 0 unspecified atom stereocenters. The number of nitrogens with zero attached hydrogens (tertiary/aromatic N) is 2. The summed E-state index contributed by atoms with van der Waals surface area (Å²) in [4.78, 5) is 28.7. The van der Waals surface area contributed by atoms with Crippen LogP contribution in [0.25, 0.3) is 10.9 Å². The average molecular weight is 328 g/mol. The minimum absolute atomic E-state index is 0.109. The zero-order chi connectivity index (χ0) is 16.4. The Hall–Kier alpha value is -2.66. The average Bonchev–Trinajstić information content (AvgIpc) is 2.50. The van der Waals surface area contributed by atoms with E-state index >= 15 is 0 Å². The van der Waals surface area contributed by atoms with Gasteiger partial charge >= 0.3 is 0 Å². The number of carbonyl (C=O) groups is 1. The number of fused-ring (bicyclic) bond motifs is 1. The number of rotatable bonds is 3. The highest BCUT2D eigenvalue weighted by Gasteiger charge is 2.09. The standard InChI is InChI=1S/C17H14ClN3O2/c1-11-3-2-4-13(7-11)20-16(22)9-21-10-19-15-6-5-12(18)8-14(15)17(21)23/h2-8,10H,9H2,1H3,(H,20,22). The second kappa shape index (κ2) is 6.22. The minimum Gasteiger partial charge on any atom is -0.325 e. The number of hydrogen-bond acceptors (Lipinski definition) is 3. The van der Waals surface area contributed by atoms with E-state index in [9.17, 15) is 9.59 Å². The van der Waals surface area contributed by atoms with Crippen LogP contribution in [0.2, 0.25) is 5.02 Å². The Balaban J connectivity index is 1.85. The normalized spacial score (nSPS) is 10.7. The molecule has 5 nitrogen and oxygen atoms in total. The first kappa shape index (κ1) is 15.2. The summed E-state index contributed by atoms with van der Waals surface area (Å²) in [5.41, 5.74) is 1.99. The summed E-state index contributed by atoms with van der Waals surface area (Å²) in [7, 11) is 0. The van der Waals surface area contributed by atoms with Crippen LogP contribution in [0.3, 0.4) is 0 Å². The van der Waals surface area contributed by atoms with E-state index in [0.717, 1.165) is 5.56 Å². The maximum absolute atomic E-state index is 12.4. The van der Waals surface area contributed by atoms with E-state index in [1.807, 2.05) is 25.1 Å². The number of aryl methyl sites for hydroxylation is 1. The Morgan fingerprint density at radius 1 is 1.26 bits per heavy atom. The number of carbonyl (C=O) groups excluding carboxylic acids is 1. The Bertz CT molecular complexity index is 950. The molecule has 0 aliphatic carbocycles. The number of nitrogens with one attached hydrogen (secondary N) is 1. The van der Waals surface area contributed by atoms with Crippen LogP contribution in [-0.2, 0) is 11.3 Å². The van der Waals surface area contributed by atoms with Crippen LogP contribution < -0.4 is 10.9 Å². The van der Waals surface area contributed by atoms with E-state index < -0.39 is 0 Å². The number of halogens is 1. The predicted molar refractivity (Wildman–Crippen MR) is 90.8 cm³/mol. The van der Waals surface area contributed by atoms with Gasteiger partial charge in [0.25, 0.3) is 5.56 Å². The first-order chi connectivity index (χ1) is 11.0. The topological polar surface area (TPSA) is 64.0 Å². The van der Waals surface area contributed by atoms with E-state index in [1.54, 1.807) is 24.3 Å². The van der Waals surface area contributed by atoms with Crippen LogP contribution in [0.15, 0.2) is 53.6 Å². The second-order valence-corrected chi connectivity index (χ2v) is 5.69. The van der Waals surface area contributed by atoms with Crippen LogP contribution in [-0.4, -0.2) is 15.5 Å². The lowest BCUT2D eigenvalue weighted by Gasteiger charge is -2.08. The highest BCUT2D eigenvalue weighted by molar-refractivity contribution is 6.31. The maximum atomic E-state index is 12.4. The van der Waals surface area contributed by atoms with Crippen molar-refractivity contribution in [3.8, 4) is 0 Å². The van der Waals surface area contributed by atoms with Gasteiger partial charge in [-0.15, -0.1) is 0 Å². The van der Waals surface area contributed by atoms with Crippen LogP contribution >= 0.6 is 11.6 Å². The van der Waals surface area contributed by atoms with E-state index in [1.165, 1.54) is 10.9 Å². The minimum atomic E-state index is -0.295. The van der Waals surface area contributed by atoms with Crippen molar-refractivity contribution in [3.63, 3.8) is 0 Å². The third-order valence-corrected chi connectivity index (χ3v) is 3.64. The third-order valence-electron chi connectivity index (χ3n) is 3.40. The van der Waals surface area contributed by atoms with Crippen molar-refractivity contribution in [2.24, 2.45) is 0 Å². The fraction of sp³-hybridized carbons (Fsp3) is 0.118. The molecule has 0 bridgehead atoms. The smallest absolute Gasteiger partial charge is 0.261 e. The van der Waals surface area contributed by atoms with Crippen LogP contribution in [0, 0.1) is 6.92 Å². The highest BCUT2D eigenvalue weighted by atomic mass is 35.5. The first-order valence-corrected chi connectivity index (χ1v) is 7.42. The van der Waals surface area contributed by atoms with Crippen molar-refractivity contribution in [3.05, 3.63) is 69.7 Å². The van der Waals surface area contributed by atoms with Gasteiger partial charge in [0.1, 0.15) is 6.54 Å². The molecule has 0 aliphatic rings. The van der Waals surface area contributed by atoms with Crippen LogP contribution in [0.5, 0.6) is 0 Å². The summed E-state index contributed by atoms with van der Waals surface area (Å²) in [6.45, 7) is 1.83. The van der Waals surface area contributed by atoms with Gasteiger partial charge in [0.15, 0.2) is 0 Å². The summed E-state index contributed by atoms with van der Waals surface area (Å²) in [6.07, 6.45) is 1.37. The Kier molecular flexibility index (Phi) is 4.12. The van der Waals surface area contributed by atoms with E-state index in [2.05, 4.69) is 10.3 Å². The van der Waals surface area contributed by atoms with Gasteiger partial charge < -0.3 is 5.32 Å². The van der Waals surface area contributed by atoms with Gasteiger partial charge in [-0.3, -0.25) is 14.2 Å². The second-order valence-electron chi connectivity index (χ2n) is 5.26. The lowest BCUT2D eigenvalue weighted by atomic mass is 10.2. The quantitative estimate of drug-likeness (QED) is 0.804. The fourth-order valence-electron chi connectivity index (χ4n) is 2.32. The van der Waals surface area contributed by atoms with Gasteiger partial charge in [0.05, 0.1) is 17.2 Å². The molecule has 2 aromatic carbocycles. The molecule has 1 amide bonds. The molecule has 0 spiro atoms. The number of benzene rings is 2. The molecule has 0 atom stereocenters. The Morgan fingerprint density at radius 2 is 2.09 bits per heavy atom. The zero-order valence-electron chi connectivity index (χ0n) is 12.4. The Morgan fingerprint density at radius 3 is 2.87 bits per heavy atom. The molecule has 0 aliphatic heterocycles. The summed E-state index contributed by atoms with van der Waals surface area (Å²) >= 11 is 5.92. The third kappa shape index (κ3) is 3.40. The number of hydrogen-bond donors (Lipinski definition) is 1. The molecule has 0 fully saturated rings. The molecule has 1 heterocycles. The number of anilines is 1. The summed E-state index contributed by atoms with van der Waals surface area (Å²) in [5.74, 6) is -0.291. The van der Waals surface area contributed by atoms with Crippen molar-refractivity contribution in [2.75, 3.05) is 5.32 Å². The molecule has 23 heavy (non-hydrogen) atoms. The van der Waals surface area contributed by atoms with Gasteiger partial charge in [0, 0.05) is 10.7 Å². The molecule has 116 valence electrons. The summed E-state index contributed by atoms with van der Waals surface area (Å²) in [6, 6.07) is 12.4. The molecule has 3 rings (SSSR count). The zero-order valence-corrected chi connectivity index (χ0v) is 13.2. The van der Waals surface area contributed by atoms with Crippen LogP contribution in [0.1, 0.15) is 5.56 Å². The van der Waals surface area contributed by atoms with E-state index in [0.29, 0.717) is 21.6 Å². The lowest BCUT2D eigenvalue weighted by Crippen LogP contribution is -2.27. The molecular formula is C17H14ClN3O2. The van der Waals surface area contributed by atoms with Crippen molar-refractivity contribution >= 4 is 34.1 Å². The Labute approximate surface area is 137 Å². The van der Waals surface area contributed by atoms with Gasteiger partial charge in [-0.2, -0.15) is 0 Å². The first-order valence-electron chi connectivity index (χ1n) is 7.04. The summed E-state index contributed by atoms with van der Waals surface area (Å²) in [5, 5.41) is 3.61. The molecule has 0 radical (unpaired) electrons.